The Morgan fingerprint density at radius 2 is 1.54 bits per heavy atom. The molecule has 35 heavy (non-hydrogen) atoms. The van der Waals surface area contributed by atoms with Gasteiger partial charge in [-0.1, -0.05) is 60.7 Å². The molecule has 0 radical (unpaired) electrons. The fourth-order valence-corrected chi connectivity index (χ4v) is 4.43. The van der Waals surface area contributed by atoms with Crippen molar-refractivity contribution in [2.24, 2.45) is 0 Å². The Labute approximate surface area is 201 Å². The number of fused-ring (bicyclic) bond motifs is 3. The summed E-state index contributed by atoms with van der Waals surface area (Å²) in [6.07, 6.45) is 4.03. The Morgan fingerprint density at radius 1 is 0.829 bits per heavy atom. The molecular formula is C28H22N6O. The molecule has 2 aromatic carbocycles. The lowest BCUT2D eigenvalue weighted by molar-refractivity contribution is 0.635. The van der Waals surface area contributed by atoms with Crippen LogP contribution < -0.4 is 5.56 Å². The van der Waals surface area contributed by atoms with Gasteiger partial charge in [0.15, 0.2) is 0 Å². The summed E-state index contributed by atoms with van der Waals surface area (Å²) in [4.78, 5) is 22.6. The lowest BCUT2D eigenvalue weighted by Crippen LogP contribution is -2.26. The van der Waals surface area contributed by atoms with E-state index in [1.807, 2.05) is 90.3 Å². The van der Waals surface area contributed by atoms with Crippen LogP contribution in [0.5, 0.6) is 0 Å². The summed E-state index contributed by atoms with van der Waals surface area (Å²) in [7, 11) is 0. The van der Waals surface area contributed by atoms with E-state index in [4.69, 9.17) is 10.1 Å². The predicted molar refractivity (Wildman–Crippen MR) is 135 cm³/mol. The van der Waals surface area contributed by atoms with Crippen molar-refractivity contribution < 1.29 is 0 Å². The largest absolute Gasteiger partial charge is 0.293 e. The fourth-order valence-electron chi connectivity index (χ4n) is 4.43. The average molecular weight is 459 g/mol. The molecule has 170 valence electrons. The van der Waals surface area contributed by atoms with Gasteiger partial charge in [0.1, 0.15) is 11.3 Å². The molecular weight excluding hydrogens is 436 g/mol. The van der Waals surface area contributed by atoms with E-state index in [9.17, 15) is 4.79 Å². The Kier molecular flexibility index (Phi) is 5.15. The van der Waals surface area contributed by atoms with Gasteiger partial charge in [-0.05, 0) is 36.2 Å². The summed E-state index contributed by atoms with van der Waals surface area (Å²) in [5.41, 5.74) is 5.63. The standard InChI is InChI=1S/C28H22N6O/c1-19-26-24-17-23(22-10-6-3-7-11-22)32-34(24)25(16-20-12-14-29-15-13-20)30-27(26)28(35)33(31-19)18-21-8-4-2-5-9-21/h2-15,17H,16,18H2,1H3. The Morgan fingerprint density at radius 3 is 2.29 bits per heavy atom. The number of pyridine rings is 1. The van der Waals surface area contributed by atoms with Crippen LogP contribution in [-0.2, 0) is 13.0 Å². The van der Waals surface area contributed by atoms with Gasteiger partial charge in [0.25, 0.3) is 5.56 Å². The third-order valence-corrected chi connectivity index (χ3v) is 6.11. The van der Waals surface area contributed by atoms with E-state index in [1.165, 1.54) is 4.68 Å². The smallest absolute Gasteiger partial charge is 0.265 e. The summed E-state index contributed by atoms with van der Waals surface area (Å²) >= 11 is 0. The van der Waals surface area contributed by atoms with Crippen LogP contribution in [-0.4, -0.2) is 29.4 Å². The number of nitrogens with zero attached hydrogens (tertiary/aromatic N) is 6. The van der Waals surface area contributed by atoms with Crippen LogP contribution in [0.1, 0.15) is 22.6 Å². The maximum Gasteiger partial charge on any atom is 0.293 e. The van der Waals surface area contributed by atoms with Gasteiger partial charge in [-0.25, -0.2) is 14.2 Å². The number of aryl methyl sites for hydroxylation is 1. The Hall–Kier alpha value is -4.65. The molecule has 0 atom stereocenters. The first-order valence-corrected chi connectivity index (χ1v) is 11.5. The lowest BCUT2D eigenvalue weighted by atomic mass is 10.1. The molecule has 0 aliphatic heterocycles. The molecule has 7 nitrogen and oxygen atoms in total. The van der Waals surface area contributed by atoms with Crippen molar-refractivity contribution in [2.45, 2.75) is 19.9 Å². The highest BCUT2D eigenvalue weighted by Gasteiger charge is 2.19. The molecule has 6 aromatic rings. The number of aromatic nitrogens is 6. The zero-order valence-corrected chi connectivity index (χ0v) is 19.2. The summed E-state index contributed by atoms with van der Waals surface area (Å²) in [6, 6.07) is 25.8. The topological polar surface area (TPSA) is 78.0 Å². The molecule has 0 fully saturated rings. The van der Waals surface area contributed by atoms with Gasteiger partial charge < -0.3 is 0 Å². The highest BCUT2D eigenvalue weighted by Crippen LogP contribution is 2.26. The van der Waals surface area contributed by atoms with Gasteiger partial charge >= 0.3 is 0 Å². The zero-order chi connectivity index (χ0) is 23.8. The minimum absolute atomic E-state index is 0.213. The minimum Gasteiger partial charge on any atom is -0.265 e. The van der Waals surface area contributed by atoms with E-state index in [-0.39, 0.29) is 5.56 Å². The third kappa shape index (κ3) is 3.87. The van der Waals surface area contributed by atoms with E-state index < -0.39 is 0 Å². The van der Waals surface area contributed by atoms with Crippen LogP contribution in [0.3, 0.4) is 0 Å². The van der Waals surface area contributed by atoms with Crippen molar-refractivity contribution in [2.75, 3.05) is 0 Å². The van der Waals surface area contributed by atoms with Crippen LogP contribution in [0.2, 0.25) is 0 Å². The zero-order valence-electron chi connectivity index (χ0n) is 19.2. The minimum atomic E-state index is -0.213. The first-order valence-electron chi connectivity index (χ1n) is 11.5. The molecule has 0 unspecified atom stereocenters. The quantitative estimate of drug-likeness (QED) is 0.381. The number of hydrogen-bond donors (Lipinski definition) is 0. The monoisotopic (exact) mass is 458 g/mol. The van der Waals surface area contributed by atoms with Crippen LogP contribution in [0.15, 0.2) is 96.1 Å². The van der Waals surface area contributed by atoms with E-state index in [0.29, 0.717) is 24.3 Å². The molecule has 0 saturated heterocycles. The molecule has 0 bridgehead atoms. The summed E-state index contributed by atoms with van der Waals surface area (Å²) in [5, 5.41) is 10.3. The molecule has 0 amide bonds. The van der Waals surface area contributed by atoms with Crippen molar-refractivity contribution in [1.82, 2.24) is 29.4 Å². The highest BCUT2D eigenvalue weighted by molar-refractivity contribution is 5.96. The van der Waals surface area contributed by atoms with Gasteiger partial charge in [-0.2, -0.15) is 10.2 Å². The van der Waals surface area contributed by atoms with Crippen molar-refractivity contribution in [3.8, 4) is 11.3 Å². The highest BCUT2D eigenvalue weighted by atomic mass is 16.1. The molecule has 0 aliphatic rings. The molecule has 4 heterocycles. The van der Waals surface area contributed by atoms with Crippen molar-refractivity contribution in [3.63, 3.8) is 0 Å². The maximum absolute atomic E-state index is 13.6. The SMILES string of the molecule is Cc1nn(Cc2ccccc2)c(=O)c2nc(Cc3ccncc3)n3nc(-c4ccccc4)cc3c12. The first-order chi connectivity index (χ1) is 17.2. The molecule has 0 aliphatic carbocycles. The van der Waals surface area contributed by atoms with Gasteiger partial charge in [0.05, 0.1) is 28.8 Å². The molecule has 0 saturated carbocycles. The molecule has 7 heteroatoms. The fraction of sp³-hybridized carbons (Fsp3) is 0.107. The molecule has 4 aromatic heterocycles. The van der Waals surface area contributed by atoms with E-state index in [1.54, 1.807) is 12.4 Å². The van der Waals surface area contributed by atoms with Crippen LogP contribution >= 0.6 is 0 Å². The number of hydrogen-bond acceptors (Lipinski definition) is 5. The summed E-state index contributed by atoms with van der Waals surface area (Å²) < 4.78 is 3.35. The van der Waals surface area contributed by atoms with Crippen molar-refractivity contribution in [3.05, 3.63) is 124 Å². The average Bonchev–Trinajstić information content (AvgIpc) is 3.34. The normalized spacial score (nSPS) is 11.3. The third-order valence-electron chi connectivity index (χ3n) is 6.11. The van der Waals surface area contributed by atoms with Gasteiger partial charge in [-0.15, -0.1) is 0 Å². The van der Waals surface area contributed by atoms with Gasteiger partial charge in [-0.3, -0.25) is 9.78 Å². The van der Waals surface area contributed by atoms with E-state index in [0.717, 1.165) is 39.0 Å². The van der Waals surface area contributed by atoms with E-state index in [2.05, 4.69) is 10.1 Å². The maximum atomic E-state index is 13.6. The molecule has 0 N–H and O–H groups in total. The van der Waals surface area contributed by atoms with Crippen LogP contribution in [0.4, 0.5) is 0 Å². The Bertz CT molecular complexity index is 1710. The summed E-state index contributed by atoms with van der Waals surface area (Å²) in [5.74, 6) is 0.690. The van der Waals surface area contributed by atoms with Crippen molar-refractivity contribution >= 4 is 16.4 Å². The van der Waals surface area contributed by atoms with Crippen molar-refractivity contribution in [1.29, 1.82) is 0 Å². The number of benzene rings is 2. The second kappa shape index (κ2) is 8.61. The van der Waals surface area contributed by atoms with Gasteiger partial charge in [0.2, 0.25) is 0 Å². The van der Waals surface area contributed by atoms with E-state index >= 15 is 0 Å². The van der Waals surface area contributed by atoms with Gasteiger partial charge in [0, 0.05) is 24.4 Å². The Balaban J connectivity index is 1.60. The second-order valence-electron chi connectivity index (χ2n) is 8.51. The predicted octanol–water partition coefficient (Wildman–Crippen LogP) is 4.45. The van der Waals surface area contributed by atoms with Crippen LogP contribution in [0.25, 0.3) is 27.7 Å². The lowest BCUT2D eigenvalue weighted by Gasteiger charge is -2.12. The first kappa shape index (κ1) is 20.9. The summed E-state index contributed by atoms with van der Waals surface area (Å²) in [6.45, 7) is 2.31. The second-order valence-corrected chi connectivity index (χ2v) is 8.51. The number of rotatable bonds is 5. The van der Waals surface area contributed by atoms with Crippen LogP contribution in [0, 0.1) is 6.92 Å². The molecule has 6 rings (SSSR count). The molecule has 0 spiro atoms.